The molecule has 2 rings (SSSR count). The van der Waals surface area contributed by atoms with E-state index < -0.39 is 11.4 Å². The van der Waals surface area contributed by atoms with Gasteiger partial charge in [-0.15, -0.1) is 0 Å². The highest BCUT2D eigenvalue weighted by molar-refractivity contribution is 5.82. The molecule has 0 unspecified atom stereocenters. The minimum Gasteiger partial charge on any atom is -0.481 e. The lowest BCUT2D eigenvalue weighted by atomic mass is 9.85. The van der Waals surface area contributed by atoms with Gasteiger partial charge in [-0.2, -0.15) is 4.98 Å². The molecule has 7 heteroatoms. The number of ether oxygens (including phenoxy) is 1. The van der Waals surface area contributed by atoms with E-state index in [1.165, 1.54) is 0 Å². The third-order valence-corrected chi connectivity index (χ3v) is 4.28. The van der Waals surface area contributed by atoms with Crippen LogP contribution in [0.5, 0.6) is 0 Å². The Labute approximate surface area is 137 Å². The van der Waals surface area contributed by atoms with Gasteiger partial charge in [-0.05, 0) is 27.2 Å². The van der Waals surface area contributed by atoms with Gasteiger partial charge in [-0.25, -0.2) is 4.98 Å². The molecule has 2 heterocycles. The van der Waals surface area contributed by atoms with E-state index in [1.807, 2.05) is 0 Å². The van der Waals surface area contributed by atoms with Crippen molar-refractivity contribution in [3.8, 4) is 0 Å². The van der Waals surface area contributed by atoms with Crippen LogP contribution in [0.2, 0.25) is 0 Å². The summed E-state index contributed by atoms with van der Waals surface area (Å²) in [4.78, 5) is 22.7. The number of nitrogens with zero attached hydrogens (tertiary/aromatic N) is 3. The number of aliphatic carboxylic acids is 1. The maximum Gasteiger partial charge on any atom is 0.313 e. The number of hydrogen-bond acceptors (Lipinski definition) is 6. The predicted molar refractivity (Wildman–Crippen MR) is 89.1 cm³/mol. The van der Waals surface area contributed by atoms with E-state index in [0.29, 0.717) is 43.6 Å². The second-order valence-electron chi connectivity index (χ2n) is 6.41. The molecule has 23 heavy (non-hydrogen) atoms. The molecule has 0 aliphatic carbocycles. The summed E-state index contributed by atoms with van der Waals surface area (Å²) in [7, 11) is 0. The number of carboxylic acid groups (broad SMARTS) is 1. The summed E-state index contributed by atoms with van der Waals surface area (Å²) >= 11 is 0. The van der Waals surface area contributed by atoms with Gasteiger partial charge < -0.3 is 20.1 Å². The zero-order chi connectivity index (χ0) is 17.0. The number of hydrogen-bond donors (Lipinski definition) is 2. The Morgan fingerprint density at radius 3 is 2.70 bits per heavy atom. The standard InChI is InChI=1S/C16H26N4O3/c1-5-11(2)18-15-17-10-12(16(3,4)14(21)22)13(19-15)20-6-8-23-9-7-20/h10-11H,5-9H2,1-4H3,(H,21,22)(H,17,18,19)/t11-/m0/s1. The van der Waals surface area contributed by atoms with Crippen molar-refractivity contribution in [3.05, 3.63) is 11.8 Å². The fraction of sp³-hybridized carbons (Fsp3) is 0.688. The van der Waals surface area contributed by atoms with Gasteiger partial charge in [-0.3, -0.25) is 4.79 Å². The van der Waals surface area contributed by atoms with E-state index in [-0.39, 0.29) is 6.04 Å². The normalized spacial score (nSPS) is 17.0. The van der Waals surface area contributed by atoms with Crippen molar-refractivity contribution in [3.63, 3.8) is 0 Å². The Hall–Kier alpha value is -1.89. The van der Waals surface area contributed by atoms with Crippen molar-refractivity contribution < 1.29 is 14.6 Å². The minimum absolute atomic E-state index is 0.255. The van der Waals surface area contributed by atoms with Gasteiger partial charge in [0.25, 0.3) is 0 Å². The lowest BCUT2D eigenvalue weighted by Gasteiger charge is -2.32. The molecule has 1 saturated heterocycles. The molecule has 0 bridgehead atoms. The number of carbonyl (C=O) groups is 1. The maximum absolute atomic E-state index is 11.7. The second-order valence-corrected chi connectivity index (χ2v) is 6.41. The molecule has 128 valence electrons. The van der Waals surface area contributed by atoms with Crippen molar-refractivity contribution in [1.82, 2.24) is 9.97 Å². The Balaban J connectivity index is 2.42. The molecule has 2 N–H and O–H groups in total. The topological polar surface area (TPSA) is 87.6 Å². The molecule has 1 aliphatic heterocycles. The van der Waals surface area contributed by atoms with E-state index in [4.69, 9.17) is 4.74 Å². The molecule has 0 saturated carbocycles. The predicted octanol–water partition coefficient (Wildman–Crippen LogP) is 1.89. The van der Waals surface area contributed by atoms with Crippen LogP contribution in [0.4, 0.5) is 11.8 Å². The minimum atomic E-state index is -1.05. The Bertz CT molecular complexity index is 556. The molecule has 7 nitrogen and oxygen atoms in total. The molecule has 1 aromatic heterocycles. The molecule has 0 radical (unpaired) electrons. The second kappa shape index (κ2) is 7.12. The molecule has 1 aromatic rings. The van der Waals surface area contributed by atoms with Crippen molar-refractivity contribution >= 4 is 17.7 Å². The highest BCUT2D eigenvalue weighted by Crippen LogP contribution is 2.32. The van der Waals surface area contributed by atoms with E-state index in [0.717, 1.165) is 6.42 Å². The first-order chi connectivity index (χ1) is 10.9. The number of anilines is 2. The molecular formula is C16H26N4O3. The van der Waals surface area contributed by atoms with Gasteiger partial charge in [0.15, 0.2) is 0 Å². The number of nitrogens with one attached hydrogen (secondary N) is 1. The van der Waals surface area contributed by atoms with Crippen molar-refractivity contribution in [2.45, 2.75) is 45.6 Å². The summed E-state index contributed by atoms with van der Waals surface area (Å²) in [5, 5.41) is 12.8. The SMILES string of the molecule is CC[C@H](C)Nc1ncc(C(C)(C)C(=O)O)c(N2CCOCC2)n1. The first-order valence-corrected chi connectivity index (χ1v) is 8.06. The lowest BCUT2D eigenvalue weighted by Crippen LogP contribution is -2.40. The van der Waals surface area contributed by atoms with E-state index >= 15 is 0 Å². The van der Waals surface area contributed by atoms with Gasteiger partial charge >= 0.3 is 5.97 Å². The summed E-state index contributed by atoms with van der Waals surface area (Å²) in [5.74, 6) is 0.325. The monoisotopic (exact) mass is 322 g/mol. The van der Waals surface area contributed by atoms with Crippen LogP contribution in [0.25, 0.3) is 0 Å². The van der Waals surface area contributed by atoms with Gasteiger partial charge in [0, 0.05) is 30.9 Å². The average molecular weight is 322 g/mol. The number of morpholine rings is 1. The molecule has 0 aromatic carbocycles. The van der Waals surface area contributed by atoms with Crippen LogP contribution in [0, 0.1) is 0 Å². The van der Waals surface area contributed by atoms with Gasteiger partial charge in [0.2, 0.25) is 5.95 Å². The first-order valence-electron chi connectivity index (χ1n) is 8.06. The number of aromatic nitrogens is 2. The summed E-state index contributed by atoms with van der Waals surface area (Å²) in [6.45, 7) is 10.1. The summed E-state index contributed by atoms with van der Waals surface area (Å²) in [6, 6.07) is 0.255. The summed E-state index contributed by atoms with van der Waals surface area (Å²) < 4.78 is 5.39. The smallest absolute Gasteiger partial charge is 0.313 e. The highest BCUT2D eigenvalue weighted by atomic mass is 16.5. The Kier molecular flexibility index (Phi) is 5.41. The van der Waals surface area contributed by atoms with Gasteiger partial charge in [-0.1, -0.05) is 6.92 Å². The largest absolute Gasteiger partial charge is 0.481 e. The van der Waals surface area contributed by atoms with Crippen LogP contribution in [0.1, 0.15) is 39.7 Å². The maximum atomic E-state index is 11.7. The third-order valence-electron chi connectivity index (χ3n) is 4.28. The molecule has 0 spiro atoms. The van der Waals surface area contributed by atoms with Gasteiger partial charge in [0.1, 0.15) is 5.82 Å². The van der Waals surface area contributed by atoms with Crippen LogP contribution in [0.15, 0.2) is 6.20 Å². The first kappa shape index (κ1) is 17.5. The molecule has 1 fully saturated rings. The fourth-order valence-electron chi connectivity index (χ4n) is 2.34. The van der Waals surface area contributed by atoms with Gasteiger partial charge in [0.05, 0.1) is 18.6 Å². The van der Waals surface area contributed by atoms with Crippen molar-refractivity contribution in [1.29, 1.82) is 0 Å². The Morgan fingerprint density at radius 2 is 2.13 bits per heavy atom. The van der Waals surface area contributed by atoms with Crippen LogP contribution in [-0.4, -0.2) is 53.4 Å². The van der Waals surface area contributed by atoms with Crippen LogP contribution < -0.4 is 10.2 Å². The molecule has 1 aliphatic rings. The Morgan fingerprint density at radius 1 is 1.48 bits per heavy atom. The summed E-state index contributed by atoms with van der Waals surface area (Å²) in [6.07, 6.45) is 2.59. The van der Waals surface area contributed by atoms with Crippen molar-refractivity contribution in [2.24, 2.45) is 0 Å². The lowest BCUT2D eigenvalue weighted by molar-refractivity contribution is -0.142. The van der Waals surface area contributed by atoms with Crippen LogP contribution in [0.3, 0.4) is 0 Å². The van der Waals surface area contributed by atoms with Crippen LogP contribution in [-0.2, 0) is 14.9 Å². The fourth-order valence-corrected chi connectivity index (χ4v) is 2.34. The summed E-state index contributed by atoms with van der Waals surface area (Å²) in [5.41, 5.74) is -0.427. The number of rotatable bonds is 6. The quantitative estimate of drug-likeness (QED) is 0.827. The van der Waals surface area contributed by atoms with Crippen LogP contribution >= 0.6 is 0 Å². The molecule has 1 atom stereocenters. The third kappa shape index (κ3) is 3.90. The zero-order valence-electron chi connectivity index (χ0n) is 14.3. The van der Waals surface area contributed by atoms with E-state index in [2.05, 4.69) is 34.0 Å². The number of carboxylic acids is 1. The highest BCUT2D eigenvalue weighted by Gasteiger charge is 2.35. The zero-order valence-corrected chi connectivity index (χ0v) is 14.3. The van der Waals surface area contributed by atoms with E-state index in [1.54, 1.807) is 20.0 Å². The van der Waals surface area contributed by atoms with E-state index in [9.17, 15) is 9.90 Å². The molecular weight excluding hydrogens is 296 g/mol. The molecule has 0 amide bonds. The average Bonchev–Trinajstić information content (AvgIpc) is 2.55. The van der Waals surface area contributed by atoms with Crippen molar-refractivity contribution in [2.75, 3.05) is 36.5 Å².